The number of ether oxygens (including phenoxy) is 1. The van der Waals surface area contributed by atoms with Gasteiger partial charge >= 0.3 is 5.97 Å². The highest BCUT2D eigenvalue weighted by atomic mass is 16.5. The summed E-state index contributed by atoms with van der Waals surface area (Å²) in [6.07, 6.45) is 0.462. The zero-order valence-electron chi connectivity index (χ0n) is 9.14. The molecule has 0 spiro atoms. The number of carbonyl (C=O) groups excluding carboxylic acids is 1. The van der Waals surface area contributed by atoms with Gasteiger partial charge in [-0.1, -0.05) is 20.8 Å². The van der Waals surface area contributed by atoms with Crippen molar-refractivity contribution in [2.75, 3.05) is 19.7 Å². The number of hydrogen-bond acceptors (Lipinski definition) is 3. The van der Waals surface area contributed by atoms with Crippen LogP contribution in [0, 0.1) is 5.41 Å². The van der Waals surface area contributed by atoms with Crippen molar-refractivity contribution >= 4 is 5.97 Å². The van der Waals surface area contributed by atoms with Gasteiger partial charge in [-0.05, 0) is 12.3 Å². The highest BCUT2D eigenvalue weighted by Gasteiger charge is 2.09. The van der Waals surface area contributed by atoms with Crippen molar-refractivity contribution in [3.63, 3.8) is 0 Å². The number of hydrogen-bond donors (Lipinski definition) is 1. The summed E-state index contributed by atoms with van der Waals surface area (Å²) in [5, 5.41) is 3.21. The fourth-order valence-electron chi connectivity index (χ4n) is 0.887. The molecule has 3 nitrogen and oxygen atoms in total. The molecular weight excluding hydrogens is 166 g/mol. The van der Waals surface area contributed by atoms with Crippen LogP contribution in [-0.4, -0.2) is 25.7 Å². The van der Waals surface area contributed by atoms with Gasteiger partial charge in [0.05, 0.1) is 13.0 Å². The Morgan fingerprint density at radius 1 is 1.38 bits per heavy atom. The van der Waals surface area contributed by atoms with E-state index in [1.54, 1.807) is 0 Å². The smallest absolute Gasteiger partial charge is 0.307 e. The van der Waals surface area contributed by atoms with E-state index in [-0.39, 0.29) is 11.4 Å². The zero-order valence-corrected chi connectivity index (χ0v) is 9.14. The lowest BCUT2D eigenvalue weighted by Gasteiger charge is -2.18. The minimum absolute atomic E-state index is 0.121. The van der Waals surface area contributed by atoms with Crippen LogP contribution in [0.4, 0.5) is 0 Å². The minimum Gasteiger partial charge on any atom is -0.466 e. The van der Waals surface area contributed by atoms with Crippen LogP contribution in [0.2, 0.25) is 0 Å². The molecular formula is C10H21NO2. The van der Waals surface area contributed by atoms with E-state index in [4.69, 9.17) is 4.74 Å². The van der Waals surface area contributed by atoms with Crippen LogP contribution < -0.4 is 5.32 Å². The predicted molar refractivity (Wildman–Crippen MR) is 53.6 cm³/mol. The second-order valence-electron chi connectivity index (χ2n) is 4.29. The maximum Gasteiger partial charge on any atom is 0.307 e. The summed E-state index contributed by atoms with van der Waals surface area (Å²) in [4.78, 5) is 10.9. The molecule has 0 aliphatic heterocycles. The van der Waals surface area contributed by atoms with Crippen LogP contribution in [0.1, 0.15) is 34.1 Å². The monoisotopic (exact) mass is 187 g/mol. The Hall–Kier alpha value is -0.570. The topological polar surface area (TPSA) is 38.3 Å². The second kappa shape index (κ2) is 5.97. The van der Waals surface area contributed by atoms with Crippen LogP contribution in [0.15, 0.2) is 0 Å². The van der Waals surface area contributed by atoms with Crippen LogP contribution in [0.3, 0.4) is 0 Å². The standard InChI is InChI=1S/C10H21NO2/c1-5-13-9(12)6-7-11-8-10(2,3)4/h11H,5-8H2,1-4H3. The van der Waals surface area contributed by atoms with Gasteiger partial charge in [-0.2, -0.15) is 0 Å². The van der Waals surface area contributed by atoms with Crippen molar-refractivity contribution in [2.45, 2.75) is 34.1 Å². The Bertz CT molecular complexity index is 149. The Morgan fingerprint density at radius 3 is 2.46 bits per heavy atom. The van der Waals surface area contributed by atoms with Crippen molar-refractivity contribution in [3.8, 4) is 0 Å². The van der Waals surface area contributed by atoms with E-state index in [0.717, 1.165) is 6.54 Å². The van der Waals surface area contributed by atoms with E-state index in [1.807, 2.05) is 6.92 Å². The average Bonchev–Trinajstić information content (AvgIpc) is 1.97. The SMILES string of the molecule is CCOC(=O)CCNCC(C)(C)C. The molecule has 0 aliphatic rings. The third kappa shape index (κ3) is 9.34. The molecule has 1 N–H and O–H groups in total. The van der Waals surface area contributed by atoms with Crippen molar-refractivity contribution in [2.24, 2.45) is 5.41 Å². The molecule has 0 aromatic carbocycles. The lowest BCUT2D eigenvalue weighted by molar-refractivity contribution is -0.142. The molecule has 13 heavy (non-hydrogen) atoms. The Morgan fingerprint density at radius 2 is 2.00 bits per heavy atom. The van der Waals surface area contributed by atoms with Crippen molar-refractivity contribution in [1.82, 2.24) is 5.32 Å². The van der Waals surface area contributed by atoms with Gasteiger partial charge in [-0.25, -0.2) is 0 Å². The first kappa shape index (κ1) is 12.4. The van der Waals surface area contributed by atoms with Gasteiger partial charge < -0.3 is 10.1 Å². The number of carbonyl (C=O) groups is 1. The van der Waals surface area contributed by atoms with E-state index in [9.17, 15) is 4.79 Å². The first-order valence-electron chi connectivity index (χ1n) is 4.82. The Balaban J connectivity index is 3.31. The number of rotatable bonds is 5. The average molecular weight is 187 g/mol. The maximum atomic E-state index is 10.9. The van der Waals surface area contributed by atoms with Gasteiger partial charge in [0.1, 0.15) is 0 Å². The van der Waals surface area contributed by atoms with Crippen molar-refractivity contribution in [1.29, 1.82) is 0 Å². The van der Waals surface area contributed by atoms with Crippen LogP contribution in [0.25, 0.3) is 0 Å². The molecule has 0 aliphatic carbocycles. The predicted octanol–water partition coefficient (Wildman–Crippen LogP) is 1.58. The summed E-state index contributed by atoms with van der Waals surface area (Å²) in [7, 11) is 0. The fourth-order valence-corrected chi connectivity index (χ4v) is 0.887. The molecule has 0 atom stereocenters. The van der Waals surface area contributed by atoms with E-state index in [0.29, 0.717) is 19.6 Å². The molecule has 0 saturated heterocycles. The van der Waals surface area contributed by atoms with Crippen molar-refractivity contribution in [3.05, 3.63) is 0 Å². The van der Waals surface area contributed by atoms with E-state index in [2.05, 4.69) is 26.1 Å². The lowest BCUT2D eigenvalue weighted by atomic mass is 9.97. The van der Waals surface area contributed by atoms with Gasteiger partial charge in [-0.3, -0.25) is 4.79 Å². The molecule has 0 bridgehead atoms. The van der Waals surface area contributed by atoms with Gasteiger partial charge in [-0.15, -0.1) is 0 Å². The summed E-state index contributed by atoms with van der Waals surface area (Å²) >= 11 is 0. The van der Waals surface area contributed by atoms with Crippen LogP contribution in [0.5, 0.6) is 0 Å². The second-order valence-corrected chi connectivity index (χ2v) is 4.29. The molecule has 0 aromatic heterocycles. The first-order chi connectivity index (χ1) is 5.95. The van der Waals surface area contributed by atoms with Crippen molar-refractivity contribution < 1.29 is 9.53 Å². The summed E-state index contributed by atoms with van der Waals surface area (Å²) in [6, 6.07) is 0. The molecule has 0 saturated carbocycles. The summed E-state index contributed by atoms with van der Waals surface area (Å²) in [5.41, 5.74) is 0.272. The molecule has 0 unspecified atom stereocenters. The largest absolute Gasteiger partial charge is 0.466 e. The molecule has 3 heteroatoms. The lowest BCUT2D eigenvalue weighted by Crippen LogP contribution is -2.28. The Labute approximate surface area is 80.8 Å². The molecule has 0 rings (SSSR count). The highest BCUT2D eigenvalue weighted by Crippen LogP contribution is 2.09. The minimum atomic E-state index is -0.121. The number of esters is 1. The highest BCUT2D eigenvalue weighted by molar-refractivity contribution is 5.69. The zero-order chi connectivity index (χ0) is 10.3. The van der Waals surface area contributed by atoms with Crippen LogP contribution in [-0.2, 0) is 9.53 Å². The summed E-state index contributed by atoms with van der Waals surface area (Å²) < 4.78 is 4.80. The molecule has 0 fully saturated rings. The van der Waals surface area contributed by atoms with Gasteiger partial charge in [0.2, 0.25) is 0 Å². The summed E-state index contributed by atoms with van der Waals surface area (Å²) in [5.74, 6) is -0.121. The van der Waals surface area contributed by atoms with Crippen LogP contribution >= 0.6 is 0 Å². The number of nitrogens with one attached hydrogen (secondary N) is 1. The molecule has 0 aromatic rings. The first-order valence-corrected chi connectivity index (χ1v) is 4.82. The summed E-state index contributed by atoms with van der Waals surface area (Å²) in [6.45, 7) is 10.4. The quantitative estimate of drug-likeness (QED) is 0.524. The van der Waals surface area contributed by atoms with E-state index < -0.39 is 0 Å². The van der Waals surface area contributed by atoms with E-state index in [1.165, 1.54) is 0 Å². The molecule has 0 radical (unpaired) electrons. The maximum absolute atomic E-state index is 10.9. The van der Waals surface area contributed by atoms with Gasteiger partial charge in [0, 0.05) is 13.1 Å². The fraction of sp³-hybridized carbons (Fsp3) is 0.900. The third-order valence-electron chi connectivity index (χ3n) is 1.47. The van der Waals surface area contributed by atoms with Gasteiger partial charge in [0.15, 0.2) is 0 Å². The third-order valence-corrected chi connectivity index (χ3v) is 1.47. The molecule has 0 amide bonds. The Kier molecular flexibility index (Phi) is 5.71. The molecule has 0 heterocycles. The van der Waals surface area contributed by atoms with E-state index >= 15 is 0 Å². The normalized spacial score (nSPS) is 11.4. The molecule has 78 valence electrons. The van der Waals surface area contributed by atoms with Gasteiger partial charge in [0.25, 0.3) is 0 Å².